The van der Waals surface area contributed by atoms with Crippen LogP contribution in [0.5, 0.6) is 0 Å². The Hall–Kier alpha value is -2.41. The number of hydrogen-bond donors (Lipinski definition) is 2. The molecule has 0 saturated heterocycles. The zero-order valence-electron chi connectivity index (χ0n) is 21.2. The summed E-state index contributed by atoms with van der Waals surface area (Å²) in [7, 11) is 0. The minimum absolute atomic E-state index is 0.179. The molecule has 0 radical (unpaired) electrons. The summed E-state index contributed by atoms with van der Waals surface area (Å²) < 4.78 is 5.57. The van der Waals surface area contributed by atoms with Gasteiger partial charge in [-0.3, -0.25) is 4.79 Å². The lowest BCUT2D eigenvalue weighted by Gasteiger charge is -2.55. The molecule has 1 aliphatic heterocycles. The van der Waals surface area contributed by atoms with E-state index in [1.165, 1.54) is 19.3 Å². The van der Waals surface area contributed by atoms with Crippen LogP contribution in [0.25, 0.3) is 0 Å². The molecule has 2 N–H and O–H groups in total. The number of carbonyl (C=O) groups is 2. The van der Waals surface area contributed by atoms with E-state index < -0.39 is 6.04 Å². The van der Waals surface area contributed by atoms with Crippen molar-refractivity contribution in [3.05, 3.63) is 41.1 Å². The maximum atomic E-state index is 13.4. The van der Waals surface area contributed by atoms with Crippen molar-refractivity contribution in [1.82, 2.24) is 10.2 Å². The van der Waals surface area contributed by atoms with Crippen molar-refractivity contribution in [2.45, 2.75) is 78.4 Å². The van der Waals surface area contributed by atoms with Gasteiger partial charge in [-0.05, 0) is 114 Å². The topological polar surface area (TPSA) is 70.7 Å². The van der Waals surface area contributed by atoms with Crippen molar-refractivity contribution >= 4 is 34.9 Å². The third-order valence-electron chi connectivity index (χ3n) is 8.50. The lowest BCUT2D eigenvalue weighted by atomic mass is 9.49. The summed E-state index contributed by atoms with van der Waals surface area (Å²) in [5.41, 5.74) is 2.91. The SMILES string of the molecule is CCN1C(=S)NC(c2ccc(NC(=O)C34CC5CC(CC(C5)C3)C4)cc2)C(C(=O)OC(C)C)=C1C. The summed E-state index contributed by atoms with van der Waals surface area (Å²) in [6, 6.07) is 7.40. The molecule has 7 heteroatoms. The number of rotatable bonds is 6. The van der Waals surface area contributed by atoms with Gasteiger partial charge in [0.25, 0.3) is 0 Å². The molecule has 4 aliphatic carbocycles. The number of thiocarbonyl (C=S) groups is 1. The molecule has 4 fully saturated rings. The number of benzene rings is 1. The molecule has 6 nitrogen and oxygen atoms in total. The molecule has 1 atom stereocenters. The first kappa shape index (κ1) is 24.3. The Balaban J connectivity index is 1.35. The molecule has 0 spiro atoms. The molecule has 6 rings (SSSR count). The van der Waals surface area contributed by atoms with E-state index in [9.17, 15) is 9.59 Å². The fourth-order valence-corrected chi connectivity index (χ4v) is 7.75. The van der Waals surface area contributed by atoms with Gasteiger partial charge in [0, 0.05) is 17.9 Å². The van der Waals surface area contributed by atoms with Gasteiger partial charge >= 0.3 is 5.97 Å². The normalized spacial score (nSPS) is 31.6. The molecule has 5 aliphatic rings. The smallest absolute Gasteiger partial charge is 0.338 e. The molecule has 1 aromatic carbocycles. The molecular weight excluding hydrogens is 458 g/mol. The van der Waals surface area contributed by atoms with Gasteiger partial charge in [-0.1, -0.05) is 12.1 Å². The number of amides is 1. The number of nitrogens with one attached hydrogen (secondary N) is 2. The van der Waals surface area contributed by atoms with E-state index in [4.69, 9.17) is 17.0 Å². The van der Waals surface area contributed by atoms with Crippen molar-refractivity contribution < 1.29 is 14.3 Å². The Morgan fingerprint density at radius 3 is 2.20 bits per heavy atom. The van der Waals surface area contributed by atoms with Gasteiger partial charge in [0.2, 0.25) is 5.91 Å². The van der Waals surface area contributed by atoms with Gasteiger partial charge < -0.3 is 20.3 Å². The highest BCUT2D eigenvalue weighted by Gasteiger charge is 2.54. The van der Waals surface area contributed by atoms with E-state index in [-0.39, 0.29) is 23.4 Å². The van der Waals surface area contributed by atoms with Crippen LogP contribution in [0.4, 0.5) is 5.69 Å². The fourth-order valence-electron chi connectivity index (χ4n) is 7.37. The average Bonchev–Trinajstić information content (AvgIpc) is 2.78. The van der Waals surface area contributed by atoms with E-state index in [0.29, 0.717) is 17.2 Å². The molecule has 35 heavy (non-hydrogen) atoms. The quantitative estimate of drug-likeness (QED) is 0.411. The molecule has 4 saturated carbocycles. The van der Waals surface area contributed by atoms with Crippen LogP contribution in [0.1, 0.15) is 77.8 Å². The van der Waals surface area contributed by atoms with Crippen molar-refractivity contribution in [3.8, 4) is 0 Å². The van der Waals surface area contributed by atoms with Gasteiger partial charge in [0.15, 0.2) is 5.11 Å². The number of allylic oxidation sites excluding steroid dienone is 1. The minimum atomic E-state index is -0.399. The standard InChI is InChI=1S/C28H37N3O3S/c1-5-31-17(4)23(25(32)34-16(2)3)24(30-27(31)35)21-6-8-22(9-7-21)29-26(33)28-13-18-10-19(14-28)12-20(11-18)15-28/h6-9,16,18-20,24H,5,10-15H2,1-4H3,(H,29,33)(H,30,35). The highest BCUT2D eigenvalue weighted by atomic mass is 32.1. The average molecular weight is 496 g/mol. The Morgan fingerprint density at radius 1 is 1.11 bits per heavy atom. The van der Waals surface area contributed by atoms with Gasteiger partial charge in [-0.2, -0.15) is 0 Å². The summed E-state index contributed by atoms with van der Waals surface area (Å²) in [5.74, 6) is 2.05. The van der Waals surface area contributed by atoms with E-state index in [1.54, 1.807) is 0 Å². The number of esters is 1. The van der Waals surface area contributed by atoms with Crippen LogP contribution in [0.2, 0.25) is 0 Å². The molecule has 1 unspecified atom stereocenters. The Bertz CT molecular complexity index is 1030. The molecule has 188 valence electrons. The highest BCUT2D eigenvalue weighted by Crippen LogP contribution is 2.60. The van der Waals surface area contributed by atoms with Crippen LogP contribution in [0.15, 0.2) is 35.5 Å². The van der Waals surface area contributed by atoms with Crippen LogP contribution in [0, 0.1) is 23.2 Å². The predicted octanol–water partition coefficient (Wildman–Crippen LogP) is 5.32. The van der Waals surface area contributed by atoms with E-state index in [1.807, 2.05) is 56.9 Å². The van der Waals surface area contributed by atoms with E-state index >= 15 is 0 Å². The first-order valence-electron chi connectivity index (χ1n) is 13.1. The summed E-state index contributed by atoms with van der Waals surface area (Å²) >= 11 is 5.59. The summed E-state index contributed by atoms with van der Waals surface area (Å²) in [4.78, 5) is 28.4. The third kappa shape index (κ3) is 4.48. The number of ether oxygens (including phenoxy) is 1. The van der Waals surface area contributed by atoms with Crippen LogP contribution in [0.3, 0.4) is 0 Å². The monoisotopic (exact) mass is 495 g/mol. The van der Waals surface area contributed by atoms with E-state index in [0.717, 1.165) is 54.0 Å². The van der Waals surface area contributed by atoms with Crippen molar-refractivity contribution in [3.63, 3.8) is 0 Å². The highest BCUT2D eigenvalue weighted by molar-refractivity contribution is 7.80. The van der Waals surface area contributed by atoms with Crippen molar-refractivity contribution in [2.75, 3.05) is 11.9 Å². The van der Waals surface area contributed by atoms with Crippen molar-refractivity contribution in [2.24, 2.45) is 23.2 Å². The summed E-state index contributed by atoms with van der Waals surface area (Å²) in [6.45, 7) is 8.29. The van der Waals surface area contributed by atoms with Crippen LogP contribution in [-0.2, 0) is 14.3 Å². The molecular formula is C28H37N3O3S. The molecule has 0 aromatic heterocycles. The third-order valence-corrected chi connectivity index (χ3v) is 8.84. The second-order valence-electron chi connectivity index (χ2n) is 11.4. The summed E-state index contributed by atoms with van der Waals surface area (Å²) in [5, 5.41) is 7.15. The number of nitrogens with zero attached hydrogens (tertiary/aromatic N) is 1. The largest absolute Gasteiger partial charge is 0.459 e. The number of carbonyl (C=O) groups excluding carboxylic acids is 2. The van der Waals surface area contributed by atoms with Crippen LogP contribution in [-0.4, -0.2) is 34.5 Å². The second-order valence-corrected chi connectivity index (χ2v) is 11.7. The molecule has 4 bridgehead atoms. The first-order chi connectivity index (χ1) is 16.7. The fraction of sp³-hybridized carbons (Fsp3) is 0.607. The van der Waals surface area contributed by atoms with Gasteiger partial charge in [0.05, 0.1) is 23.1 Å². The minimum Gasteiger partial charge on any atom is -0.459 e. The van der Waals surface area contributed by atoms with Gasteiger partial charge in [-0.15, -0.1) is 0 Å². The van der Waals surface area contributed by atoms with Crippen molar-refractivity contribution in [1.29, 1.82) is 0 Å². The lowest BCUT2D eigenvalue weighted by Crippen LogP contribution is -2.51. The molecule has 1 heterocycles. The predicted molar refractivity (Wildman–Crippen MR) is 140 cm³/mol. The van der Waals surface area contributed by atoms with Crippen LogP contribution < -0.4 is 10.6 Å². The molecule has 1 aromatic rings. The van der Waals surface area contributed by atoms with Gasteiger partial charge in [0.1, 0.15) is 0 Å². The van der Waals surface area contributed by atoms with E-state index in [2.05, 4.69) is 10.6 Å². The maximum absolute atomic E-state index is 13.4. The maximum Gasteiger partial charge on any atom is 0.338 e. The lowest BCUT2D eigenvalue weighted by molar-refractivity contribution is -0.143. The second kappa shape index (κ2) is 9.23. The van der Waals surface area contributed by atoms with Gasteiger partial charge in [-0.25, -0.2) is 4.79 Å². The number of hydrogen-bond acceptors (Lipinski definition) is 4. The zero-order valence-corrected chi connectivity index (χ0v) is 22.0. The van der Waals surface area contributed by atoms with Crippen LogP contribution >= 0.6 is 12.2 Å². The first-order valence-corrected chi connectivity index (χ1v) is 13.5. The summed E-state index contributed by atoms with van der Waals surface area (Å²) in [6.07, 6.45) is 6.89. The Morgan fingerprint density at radius 2 is 1.69 bits per heavy atom. The Kier molecular flexibility index (Phi) is 6.41. The Labute approximate surface area is 213 Å². The molecule has 1 amide bonds. The zero-order chi connectivity index (χ0) is 24.9. The number of anilines is 1.